The Bertz CT molecular complexity index is 1290. The van der Waals surface area contributed by atoms with Crippen molar-refractivity contribution in [2.45, 2.75) is 18.0 Å². The number of rotatable bonds is 5. The van der Waals surface area contributed by atoms with E-state index in [0.29, 0.717) is 34.9 Å². The number of nitrogens with one attached hydrogen (secondary N) is 1. The number of aromatic nitrogens is 2. The molecule has 1 atom stereocenters. The van der Waals surface area contributed by atoms with Gasteiger partial charge in [0.15, 0.2) is 11.5 Å². The summed E-state index contributed by atoms with van der Waals surface area (Å²) >= 11 is 2.75. The van der Waals surface area contributed by atoms with E-state index in [-0.39, 0.29) is 23.5 Å². The molecule has 6 nitrogen and oxygen atoms in total. The van der Waals surface area contributed by atoms with E-state index in [1.54, 1.807) is 6.07 Å². The van der Waals surface area contributed by atoms with Gasteiger partial charge in [-0.2, -0.15) is 0 Å². The van der Waals surface area contributed by atoms with E-state index in [2.05, 4.69) is 15.3 Å². The molecule has 1 amide bonds. The standard InChI is InChI=1S/C22H18FN3O3S2/c1-12(13-5-6-15-16(9-13)29-8-7-28-15)26-18(27)10-30-22-21-20(24-11-25-22)19-14(23)3-2-4-17(19)31-21/h2-6,9,11-12H,7-8,10H2,1H3,(H,26,27)/t12-/m1/s1. The van der Waals surface area contributed by atoms with Crippen molar-refractivity contribution in [1.82, 2.24) is 15.3 Å². The molecule has 1 aliphatic rings. The summed E-state index contributed by atoms with van der Waals surface area (Å²) in [4.78, 5) is 21.1. The molecule has 0 saturated carbocycles. The highest BCUT2D eigenvalue weighted by Crippen LogP contribution is 2.38. The number of hydrogen-bond donors (Lipinski definition) is 1. The summed E-state index contributed by atoms with van der Waals surface area (Å²) in [7, 11) is 0. The lowest BCUT2D eigenvalue weighted by Crippen LogP contribution is -2.28. The highest BCUT2D eigenvalue weighted by atomic mass is 32.2. The predicted molar refractivity (Wildman–Crippen MR) is 120 cm³/mol. The van der Waals surface area contributed by atoms with E-state index < -0.39 is 0 Å². The SMILES string of the molecule is C[C@@H](NC(=O)CSc1ncnc2c1sc1cccc(F)c12)c1ccc2c(c1)OCCO2. The first-order valence-corrected chi connectivity index (χ1v) is 11.5. The lowest BCUT2D eigenvalue weighted by Gasteiger charge is -2.21. The zero-order valence-electron chi connectivity index (χ0n) is 16.6. The van der Waals surface area contributed by atoms with E-state index >= 15 is 0 Å². The van der Waals surface area contributed by atoms with Gasteiger partial charge in [0.2, 0.25) is 5.91 Å². The quantitative estimate of drug-likeness (QED) is 0.347. The molecule has 9 heteroatoms. The van der Waals surface area contributed by atoms with Crippen molar-refractivity contribution in [2.75, 3.05) is 19.0 Å². The van der Waals surface area contributed by atoms with Crippen molar-refractivity contribution in [3.63, 3.8) is 0 Å². The number of amides is 1. The molecule has 0 spiro atoms. The van der Waals surface area contributed by atoms with Gasteiger partial charge in [0, 0.05) is 4.70 Å². The van der Waals surface area contributed by atoms with Gasteiger partial charge >= 0.3 is 0 Å². The monoisotopic (exact) mass is 455 g/mol. The molecule has 0 saturated heterocycles. The molecule has 2 aromatic heterocycles. The van der Waals surface area contributed by atoms with Gasteiger partial charge in [-0.3, -0.25) is 4.79 Å². The number of carbonyl (C=O) groups excluding carboxylic acids is 1. The number of fused-ring (bicyclic) bond motifs is 4. The molecule has 1 aliphatic heterocycles. The smallest absolute Gasteiger partial charge is 0.230 e. The third kappa shape index (κ3) is 3.90. The van der Waals surface area contributed by atoms with Crippen LogP contribution in [0.25, 0.3) is 20.3 Å². The number of nitrogens with zero attached hydrogens (tertiary/aromatic N) is 2. The van der Waals surface area contributed by atoms with Crippen LogP contribution in [0.2, 0.25) is 0 Å². The Hall–Kier alpha value is -2.91. The highest BCUT2D eigenvalue weighted by Gasteiger charge is 2.18. The Morgan fingerprint density at radius 2 is 2.06 bits per heavy atom. The number of benzene rings is 2. The van der Waals surface area contributed by atoms with E-state index in [1.807, 2.05) is 31.2 Å². The lowest BCUT2D eigenvalue weighted by molar-refractivity contribution is -0.119. The Kier molecular flexibility index (Phi) is 5.37. The maximum Gasteiger partial charge on any atom is 0.230 e. The number of hydrogen-bond acceptors (Lipinski definition) is 7. The predicted octanol–water partition coefficient (Wildman–Crippen LogP) is 4.72. The van der Waals surface area contributed by atoms with Gasteiger partial charge < -0.3 is 14.8 Å². The topological polar surface area (TPSA) is 73.3 Å². The van der Waals surface area contributed by atoms with Crippen LogP contribution in [0.3, 0.4) is 0 Å². The summed E-state index contributed by atoms with van der Waals surface area (Å²) in [6.07, 6.45) is 1.42. The zero-order chi connectivity index (χ0) is 21.4. The first-order chi connectivity index (χ1) is 15.1. The zero-order valence-corrected chi connectivity index (χ0v) is 18.2. The summed E-state index contributed by atoms with van der Waals surface area (Å²) in [5.74, 6) is 1.18. The average Bonchev–Trinajstić information content (AvgIpc) is 3.18. The fourth-order valence-corrected chi connectivity index (χ4v) is 5.55. The summed E-state index contributed by atoms with van der Waals surface area (Å²) in [5.41, 5.74) is 1.52. The van der Waals surface area contributed by atoms with Crippen LogP contribution in [0.1, 0.15) is 18.5 Å². The molecule has 3 heterocycles. The molecular formula is C22H18FN3O3S2. The van der Waals surface area contributed by atoms with Gasteiger partial charge in [0.05, 0.1) is 27.4 Å². The summed E-state index contributed by atoms with van der Waals surface area (Å²) in [6.45, 7) is 2.98. The van der Waals surface area contributed by atoms with E-state index in [9.17, 15) is 9.18 Å². The fourth-order valence-electron chi connectivity index (χ4n) is 3.49. The van der Waals surface area contributed by atoms with E-state index in [0.717, 1.165) is 20.7 Å². The summed E-state index contributed by atoms with van der Waals surface area (Å²) in [6, 6.07) is 10.5. The fraction of sp³-hybridized carbons (Fsp3) is 0.227. The molecule has 2 aromatic carbocycles. The molecule has 5 rings (SSSR count). The molecule has 158 valence electrons. The summed E-state index contributed by atoms with van der Waals surface area (Å²) in [5, 5.41) is 4.18. The first-order valence-electron chi connectivity index (χ1n) is 9.73. The van der Waals surface area contributed by atoms with Gasteiger partial charge in [-0.25, -0.2) is 14.4 Å². The largest absolute Gasteiger partial charge is 0.486 e. The van der Waals surface area contributed by atoms with Crippen molar-refractivity contribution < 1.29 is 18.7 Å². The lowest BCUT2D eigenvalue weighted by atomic mass is 10.1. The second-order valence-electron chi connectivity index (χ2n) is 7.05. The Morgan fingerprint density at radius 3 is 2.94 bits per heavy atom. The van der Waals surface area contributed by atoms with Crippen molar-refractivity contribution in [3.8, 4) is 11.5 Å². The molecule has 0 aliphatic carbocycles. The number of thiophene rings is 1. The summed E-state index contributed by atoms with van der Waals surface area (Å²) < 4.78 is 27.0. The maximum absolute atomic E-state index is 14.3. The molecule has 0 radical (unpaired) electrons. The highest BCUT2D eigenvalue weighted by molar-refractivity contribution is 8.00. The number of ether oxygens (including phenoxy) is 2. The number of thioether (sulfide) groups is 1. The minimum atomic E-state index is -0.301. The van der Waals surface area contributed by atoms with Gasteiger partial charge in [0.25, 0.3) is 0 Å². The van der Waals surface area contributed by atoms with E-state index in [1.165, 1.54) is 35.5 Å². The van der Waals surface area contributed by atoms with Crippen LogP contribution in [-0.4, -0.2) is 34.8 Å². The van der Waals surface area contributed by atoms with Crippen molar-refractivity contribution in [3.05, 3.63) is 54.1 Å². The molecule has 1 N–H and O–H groups in total. The average molecular weight is 456 g/mol. The van der Waals surface area contributed by atoms with Gasteiger partial charge in [-0.15, -0.1) is 11.3 Å². The van der Waals surface area contributed by atoms with Crippen LogP contribution in [0.15, 0.2) is 47.8 Å². The van der Waals surface area contributed by atoms with Gasteiger partial charge in [-0.05, 0) is 36.8 Å². The molecule has 0 bridgehead atoms. The van der Waals surface area contributed by atoms with Crippen LogP contribution in [-0.2, 0) is 4.79 Å². The van der Waals surface area contributed by atoms with Crippen LogP contribution < -0.4 is 14.8 Å². The Labute approximate surface area is 185 Å². The Morgan fingerprint density at radius 1 is 1.23 bits per heavy atom. The molecular weight excluding hydrogens is 437 g/mol. The third-order valence-electron chi connectivity index (χ3n) is 4.98. The minimum Gasteiger partial charge on any atom is -0.486 e. The Balaban J connectivity index is 1.29. The van der Waals surface area contributed by atoms with Crippen molar-refractivity contribution >= 4 is 49.3 Å². The van der Waals surface area contributed by atoms with Crippen LogP contribution in [0, 0.1) is 5.82 Å². The molecule has 4 aromatic rings. The van der Waals surface area contributed by atoms with Gasteiger partial charge in [0.1, 0.15) is 30.4 Å². The minimum absolute atomic E-state index is 0.119. The van der Waals surface area contributed by atoms with Crippen LogP contribution in [0.4, 0.5) is 4.39 Å². The normalized spacial score (nSPS) is 14.0. The van der Waals surface area contributed by atoms with Crippen molar-refractivity contribution in [2.24, 2.45) is 0 Å². The van der Waals surface area contributed by atoms with Crippen LogP contribution in [0.5, 0.6) is 11.5 Å². The number of carbonyl (C=O) groups is 1. The second-order valence-corrected chi connectivity index (χ2v) is 9.07. The third-order valence-corrected chi connectivity index (χ3v) is 7.25. The molecule has 0 fully saturated rings. The maximum atomic E-state index is 14.3. The van der Waals surface area contributed by atoms with Crippen molar-refractivity contribution in [1.29, 1.82) is 0 Å². The molecule has 0 unspecified atom stereocenters. The second kappa shape index (κ2) is 8.32. The first kappa shape index (κ1) is 20.0. The molecule has 31 heavy (non-hydrogen) atoms. The van der Waals surface area contributed by atoms with Gasteiger partial charge in [-0.1, -0.05) is 23.9 Å². The van der Waals surface area contributed by atoms with Crippen LogP contribution >= 0.6 is 23.1 Å². The number of halogens is 1. The van der Waals surface area contributed by atoms with E-state index in [4.69, 9.17) is 9.47 Å².